The Kier molecular flexibility index (Phi) is 3.16. The van der Waals surface area contributed by atoms with E-state index in [1.807, 2.05) is 0 Å². The average Bonchev–Trinajstić information content (AvgIpc) is 2.69. The molecule has 0 saturated carbocycles. The number of benzene rings is 1. The molecule has 1 atom stereocenters. The highest BCUT2D eigenvalue weighted by atomic mass is 19.4. The Hall–Kier alpha value is -1.76. The van der Waals surface area contributed by atoms with Gasteiger partial charge in [0.05, 0.1) is 17.3 Å². The van der Waals surface area contributed by atoms with Crippen LogP contribution in [0.15, 0.2) is 24.3 Å². The lowest BCUT2D eigenvalue weighted by Gasteiger charge is -2.20. The molecule has 4 nitrogen and oxygen atoms in total. The van der Waals surface area contributed by atoms with Gasteiger partial charge in [-0.1, -0.05) is 12.1 Å². The fourth-order valence-electron chi connectivity index (χ4n) is 1.89. The van der Waals surface area contributed by atoms with Crippen molar-refractivity contribution in [1.29, 1.82) is 0 Å². The van der Waals surface area contributed by atoms with E-state index in [4.69, 9.17) is 5.73 Å². The summed E-state index contributed by atoms with van der Waals surface area (Å²) in [5.74, 6) is 0. The van der Waals surface area contributed by atoms with Crippen molar-refractivity contribution in [3.8, 4) is 0 Å². The van der Waals surface area contributed by atoms with Gasteiger partial charge in [-0.2, -0.15) is 13.2 Å². The van der Waals surface area contributed by atoms with E-state index in [9.17, 15) is 18.0 Å². The maximum atomic E-state index is 12.8. The largest absolute Gasteiger partial charge is 0.418 e. The molecule has 2 rings (SSSR count). The molecule has 1 fully saturated rings. The number of nitrogens with zero attached hydrogens (tertiary/aromatic N) is 1. The molecule has 3 N–H and O–H groups in total. The molecule has 98 valence electrons. The van der Waals surface area contributed by atoms with Crippen molar-refractivity contribution < 1.29 is 18.0 Å². The highest BCUT2D eigenvalue weighted by Gasteiger charge is 2.38. The summed E-state index contributed by atoms with van der Waals surface area (Å²) in [6.45, 7) is 0.332. The zero-order valence-electron chi connectivity index (χ0n) is 9.37. The molecular weight excluding hydrogens is 247 g/mol. The third kappa shape index (κ3) is 2.26. The van der Waals surface area contributed by atoms with Gasteiger partial charge in [-0.3, -0.25) is 4.90 Å². The van der Waals surface area contributed by atoms with Crippen LogP contribution in [0, 0.1) is 0 Å². The molecule has 1 unspecified atom stereocenters. The Bertz CT molecular complexity index is 461. The molecule has 2 amide bonds. The molecule has 1 aliphatic heterocycles. The highest BCUT2D eigenvalue weighted by Crippen LogP contribution is 2.37. The Morgan fingerprint density at radius 3 is 2.61 bits per heavy atom. The van der Waals surface area contributed by atoms with Crippen LogP contribution in [0.1, 0.15) is 5.56 Å². The number of anilines is 1. The number of hydrogen-bond acceptors (Lipinski definition) is 2. The zero-order valence-corrected chi connectivity index (χ0v) is 9.37. The van der Waals surface area contributed by atoms with Crippen molar-refractivity contribution in [1.82, 2.24) is 5.32 Å². The Morgan fingerprint density at radius 1 is 1.39 bits per heavy atom. The van der Waals surface area contributed by atoms with Crippen molar-refractivity contribution in [2.75, 3.05) is 18.0 Å². The third-order valence-electron chi connectivity index (χ3n) is 2.76. The molecule has 0 aliphatic carbocycles. The second-order valence-corrected chi connectivity index (χ2v) is 4.01. The lowest BCUT2D eigenvalue weighted by molar-refractivity contribution is -0.137. The fraction of sp³-hybridized carbons (Fsp3) is 0.364. The van der Waals surface area contributed by atoms with Gasteiger partial charge >= 0.3 is 12.2 Å². The Morgan fingerprint density at radius 2 is 2.06 bits per heavy atom. The van der Waals surface area contributed by atoms with E-state index in [0.29, 0.717) is 0 Å². The van der Waals surface area contributed by atoms with E-state index in [1.165, 1.54) is 18.2 Å². The number of rotatable bonds is 2. The molecule has 0 spiro atoms. The first-order valence-electron chi connectivity index (χ1n) is 5.38. The molecular formula is C11H12F3N3O. The van der Waals surface area contributed by atoms with Crippen LogP contribution in [-0.2, 0) is 6.18 Å². The van der Waals surface area contributed by atoms with E-state index in [-0.39, 0.29) is 24.8 Å². The lowest BCUT2D eigenvalue weighted by atomic mass is 10.1. The molecule has 18 heavy (non-hydrogen) atoms. The quantitative estimate of drug-likeness (QED) is 0.846. The van der Waals surface area contributed by atoms with Crippen molar-refractivity contribution >= 4 is 11.7 Å². The second kappa shape index (κ2) is 4.49. The van der Waals surface area contributed by atoms with Crippen LogP contribution >= 0.6 is 0 Å². The number of nitrogens with one attached hydrogen (secondary N) is 1. The van der Waals surface area contributed by atoms with Gasteiger partial charge in [-0.15, -0.1) is 0 Å². The summed E-state index contributed by atoms with van der Waals surface area (Å²) in [6, 6.07) is 4.12. The number of para-hydroxylation sites is 1. The molecule has 1 aliphatic rings. The van der Waals surface area contributed by atoms with Crippen molar-refractivity contribution in [2.45, 2.75) is 12.2 Å². The van der Waals surface area contributed by atoms with E-state index < -0.39 is 17.8 Å². The molecule has 1 heterocycles. The Labute approximate surface area is 102 Å². The maximum Gasteiger partial charge on any atom is 0.418 e. The van der Waals surface area contributed by atoms with Gasteiger partial charge in [0, 0.05) is 13.1 Å². The van der Waals surface area contributed by atoms with Crippen LogP contribution in [0.25, 0.3) is 0 Å². The van der Waals surface area contributed by atoms with Gasteiger partial charge in [0.25, 0.3) is 0 Å². The number of alkyl halides is 3. The number of amides is 2. The predicted octanol–water partition coefficient (Wildman–Crippen LogP) is 1.56. The minimum Gasteiger partial charge on any atom is -0.332 e. The Balaban J connectivity index is 2.37. The van der Waals surface area contributed by atoms with Crippen molar-refractivity contribution in [3.63, 3.8) is 0 Å². The van der Waals surface area contributed by atoms with Gasteiger partial charge in [0.1, 0.15) is 0 Å². The summed E-state index contributed by atoms with van der Waals surface area (Å²) in [7, 11) is 0. The number of halogens is 3. The first-order chi connectivity index (χ1) is 8.43. The number of carbonyl (C=O) groups excluding carboxylic acids is 1. The zero-order chi connectivity index (χ0) is 13.3. The summed E-state index contributed by atoms with van der Waals surface area (Å²) in [5, 5.41) is 2.53. The summed E-state index contributed by atoms with van der Waals surface area (Å²) < 4.78 is 38.5. The monoisotopic (exact) mass is 259 g/mol. The summed E-state index contributed by atoms with van der Waals surface area (Å²) in [6.07, 6.45) is -4.49. The number of carbonyl (C=O) groups is 1. The molecule has 0 radical (unpaired) electrons. The standard InChI is InChI=1S/C11H12F3N3O/c12-11(13,14)8-3-1-2-4-9(8)17-6-7(5-15)16-10(17)18/h1-4,7H,5-6,15H2,(H,16,18). The van der Waals surface area contributed by atoms with Crippen LogP contribution in [0.5, 0.6) is 0 Å². The predicted molar refractivity (Wildman–Crippen MR) is 60.2 cm³/mol. The van der Waals surface area contributed by atoms with Crippen molar-refractivity contribution in [3.05, 3.63) is 29.8 Å². The van der Waals surface area contributed by atoms with Gasteiger partial charge < -0.3 is 11.1 Å². The lowest BCUT2D eigenvalue weighted by Crippen LogP contribution is -2.33. The first kappa shape index (κ1) is 12.7. The van der Waals surface area contributed by atoms with E-state index in [2.05, 4.69) is 5.32 Å². The number of hydrogen-bond donors (Lipinski definition) is 2. The SMILES string of the molecule is NCC1CN(c2ccccc2C(F)(F)F)C(=O)N1. The van der Waals surface area contributed by atoms with Gasteiger partial charge in [0.2, 0.25) is 0 Å². The molecule has 0 bridgehead atoms. The second-order valence-electron chi connectivity index (χ2n) is 4.01. The normalized spacial score (nSPS) is 20.1. The first-order valence-corrected chi connectivity index (χ1v) is 5.38. The van der Waals surface area contributed by atoms with Gasteiger partial charge in [-0.25, -0.2) is 4.79 Å². The van der Waals surface area contributed by atoms with Crippen LogP contribution in [0.2, 0.25) is 0 Å². The molecule has 1 aromatic rings. The third-order valence-corrected chi connectivity index (χ3v) is 2.76. The van der Waals surface area contributed by atoms with E-state index in [0.717, 1.165) is 11.0 Å². The average molecular weight is 259 g/mol. The maximum absolute atomic E-state index is 12.8. The summed E-state index contributed by atoms with van der Waals surface area (Å²) >= 11 is 0. The molecule has 1 aromatic carbocycles. The molecule has 0 aromatic heterocycles. The van der Waals surface area contributed by atoms with Crippen LogP contribution in [-0.4, -0.2) is 25.2 Å². The minimum absolute atomic E-state index is 0.140. The fourth-order valence-corrected chi connectivity index (χ4v) is 1.89. The smallest absolute Gasteiger partial charge is 0.332 e. The highest BCUT2D eigenvalue weighted by molar-refractivity contribution is 5.95. The van der Waals surface area contributed by atoms with Crippen LogP contribution in [0.3, 0.4) is 0 Å². The molecule has 7 heteroatoms. The summed E-state index contributed by atoms with van der Waals surface area (Å²) in [4.78, 5) is 12.7. The molecule has 1 saturated heterocycles. The van der Waals surface area contributed by atoms with E-state index >= 15 is 0 Å². The van der Waals surface area contributed by atoms with Crippen LogP contribution < -0.4 is 16.0 Å². The number of nitrogens with two attached hydrogens (primary N) is 1. The van der Waals surface area contributed by atoms with E-state index in [1.54, 1.807) is 0 Å². The minimum atomic E-state index is -4.49. The van der Waals surface area contributed by atoms with Gasteiger partial charge in [-0.05, 0) is 12.1 Å². The van der Waals surface area contributed by atoms with Gasteiger partial charge in [0.15, 0.2) is 0 Å². The van der Waals surface area contributed by atoms with Crippen LogP contribution in [0.4, 0.5) is 23.7 Å². The topological polar surface area (TPSA) is 58.4 Å². The van der Waals surface area contributed by atoms with Crippen molar-refractivity contribution in [2.24, 2.45) is 5.73 Å². The number of urea groups is 1. The summed E-state index contributed by atoms with van der Waals surface area (Å²) in [5.41, 5.74) is 4.43.